The van der Waals surface area contributed by atoms with E-state index in [2.05, 4.69) is 355 Å². The molecular weight excluding hydrogens is 1190 g/mol. The zero-order valence-corrected chi connectivity index (χ0v) is 53.2. The van der Waals surface area contributed by atoms with E-state index in [0.717, 1.165) is 34.1 Å². The van der Waals surface area contributed by atoms with Crippen LogP contribution in [-0.4, -0.2) is 28.4 Å². The van der Waals surface area contributed by atoms with Gasteiger partial charge in [-0.1, -0.05) is 60.7 Å². The van der Waals surface area contributed by atoms with E-state index in [1.807, 2.05) is 0 Å². The minimum absolute atomic E-state index is 0.0211. The topological polar surface area (TPSA) is 13.0 Å². The first-order chi connectivity index (χ1) is 45.9. The van der Waals surface area contributed by atoms with Crippen molar-refractivity contribution in [1.82, 2.24) is 0 Å². The van der Waals surface area contributed by atoms with Crippen molar-refractivity contribution in [3.63, 3.8) is 0 Å². The van der Waals surface area contributed by atoms with E-state index in [1.54, 1.807) is 0 Å². The van der Waals surface area contributed by atoms with Crippen LogP contribution in [0.15, 0.2) is 322 Å². The molecule has 14 aromatic carbocycles. The van der Waals surface area contributed by atoms with Gasteiger partial charge in [-0.15, -0.1) is 0 Å². The summed E-state index contributed by atoms with van der Waals surface area (Å²) in [6.45, 7) is 4.81. The van der Waals surface area contributed by atoms with Crippen molar-refractivity contribution in [1.29, 1.82) is 0 Å². The molecule has 4 heterocycles. The molecule has 1 aliphatic carbocycles. The summed E-state index contributed by atoms with van der Waals surface area (Å²) in [4.78, 5) is 10.3. The molecule has 0 atom stereocenters. The molecule has 0 aromatic heterocycles. The van der Waals surface area contributed by atoms with Gasteiger partial charge in [0.1, 0.15) is 0 Å². The maximum absolute atomic E-state index is 2.69. The van der Waals surface area contributed by atoms with Gasteiger partial charge >= 0.3 is 435 Å². The Labute approximate surface area is 550 Å². The first kappa shape index (κ1) is 54.0. The molecule has 0 amide bonds. The predicted molar refractivity (Wildman–Crippen MR) is 395 cm³/mol. The van der Waals surface area contributed by atoms with E-state index < -0.39 is 5.41 Å². The minimum atomic E-state index is -0.431. The van der Waals surface area contributed by atoms with E-state index in [0.29, 0.717) is 0 Å². The third-order valence-corrected chi connectivity index (χ3v) is 22.9. The maximum atomic E-state index is 2.69. The molecule has 0 unspecified atom stereocenters. The van der Waals surface area contributed by atoms with Crippen LogP contribution in [0.25, 0.3) is 21.9 Å². The Kier molecular flexibility index (Phi) is 12.3. The van der Waals surface area contributed by atoms with Crippen molar-refractivity contribution in [2.24, 2.45) is 0 Å². The Hall–Kier alpha value is -10.8. The zero-order chi connectivity index (χ0) is 61.5. The van der Waals surface area contributed by atoms with Gasteiger partial charge in [0.2, 0.25) is 0 Å². The summed E-state index contributed by atoms with van der Waals surface area (Å²) in [5, 5.41) is 2.53. The number of hydrogen-bond donors (Lipinski definition) is 0. The number of anilines is 12. The fourth-order valence-corrected chi connectivity index (χ4v) is 19.1. The molecule has 0 radical (unpaired) electrons. The van der Waals surface area contributed by atoms with Crippen LogP contribution in [0.2, 0.25) is 0 Å². The van der Waals surface area contributed by atoms with E-state index in [-0.39, 0.29) is 34.3 Å². The van der Waals surface area contributed by atoms with Gasteiger partial charge in [0.25, 0.3) is 0 Å². The molecule has 4 nitrogen and oxygen atoms in total. The van der Waals surface area contributed by atoms with Crippen molar-refractivity contribution in [3.05, 3.63) is 349 Å². The summed E-state index contributed by atoms with van der Waals surface area (Å²) < 4.78 is 2.89. The van der Waals surface area contributed by atoms with Crippen LogP contribution in [0.5, 0.6) is 0 Å². The monoisotopic (exact) mass is 1250 g/mol. The second kappa shape index (κ2) is 21.1. The van der Waals surface area contributed by atoms with Gasteiger partial charge in [-0.3, -0.25) is 0 Å². The molecule has 0 fully saturated rings. The average Bonchev–Trinajstić information content (AvgIpc) is 1.67. The summed E-state index contributed by atoms with van der Waals surface area (Å²) in [6.07, 6.45) is 0. The fourth-order valence-electron chi connectivity index (χ4n) is 16.6. The van der Waals surface area contributed by atoms with Gasteiger partial charge in [-0.2, -0.15) is 0 Å². The van der Waals surface area contributed by atoms with Crippen LogP contribution < -0.4 is 61.3 Å². The molecule has 93 heavy (non-hydrogen) atoms. The standard InChI is InChI=1S/C86H60B2N4Se/c1-86(2)69-52-65(89(60-32-14-5-15-33-60)61-34-16-6-17-35-61)47-49-67(69)68-53-77-82-85(81(68)86)91(63-38-20-8-21-39-63)74-44-26-24-42-70(74)87(82)72-54-73-76(55-75(72)90(77)62-36-18-7-19-37-62)92(64-40-22-9-23-41-64)84-66-48-46-58(80(56-28-10-3-11-29-56)57-30-12-4-13-31-57)50-59(66)51-79-83(84)88(73)71-43-25-27-45-78(71)93-79/h3-55,80H,1-2H3. The van der Waals surface area contributed by atoms with Crippen molar-refractivity contribution in [3.8, 4) is 11.1 Å². The number of fused-ring (bicyclic) bond motifs is 14. The molecule has 14 aromatic rings. The van der Waals surface area contributed by atoms with Gasteiger partial charge < -0.3 is 4.90 Å². The van der Waals surface area contributed by atoms with Crippen LogP contribution in [0.4, 0.5) is 68.2 Å². The molecule has 0 saturated carbocycles. The summed E-state index contributed by atoms with van der Waals surface area (Å²) in [7, 11) is 0. The second-order valence-corrected chi connectivity index (χ2v) is 28.1. The number of rotatable bonds is 9. The van der Waals surface area contributed by atoms with Gasteiger partial charge in [0, 0.05) is 17.1 Å². The first-order valence-electron chi connectivity index (χ1n) is 32.5. The SMILES string of the molecule is CC1(C)c2cc(N(c3ccccc3)c3ccccc3)ccc2-c2cc3c4c(c21)N(c1ccccc1)c1ccccc1B4c1cc2c(cc1N3c1ccccc1)N(c1ccccc1)c1c3c(cc4cc(C(c5ccccc5)c5ccccc5)ccc14)[Se]c1ccccc1B23. The molecule has 0 spiro atoms. The van der Waals surface area contributed by atoms with Crippen LogP contribution in [0.3, 0.4) is 0 Å². The van der Waals surface area contributed by atoms with E-state index in [9.17, 15) is 0 Å². The van der Waals surface area contributed by atoms with Crippen molar-refractivity contribution in [2.75, 3.05) is 19.6 Å². The number of hydrogen-bond acceptors (Lipinski definition) is 4. The van der Waals surface area contributed by atoms with Gasteiger partial charge in [-0.25, -0.2) is 0 Å². The molecular formula is C86H60B2N4Se. The van der Waals surface area contributed by atoms with Crippen LogP contribution >= 0.6 is 0 Å². The Morgan fingerprint density at radius 2 is 0.860 bits per heavy atom. The van der Waals surface area contributed by atoms with Gasteiger partial charge in [-0.05, 0) is 36.4 Å². The van der Waals surface area contributed by atoms with E-state index in [4.69, 9.17) is 0 Å². The van der Waals surface area contributed by atoms with Crippen molar-refractivity contribution >= 4 is 149 Å². The van der Waals surface area contributed by atoms with Crippen LogP contribution in [0.1, 0.15) is 47.6 Å². The summed E-state index contributed by atoms with van der Waals surface area (Å²) in [5.41, 5.74) is 30.9. The van der Waals surface area contributed by atoms with Gasteiger partial charge in [0.15, 0.2) is 0 Å². The van der Waals surface area contributed by atoms with E-state index >= 15 is 0 Å². The molecule has 0 bridgehead atoms. The average molecular weight is 1250 g/mol. The number of benzene rings is 14. The van der Waals surface area contributed by atoms with Crippen LogP contribution in [-0.2, 0) is 5.41 Å². The Balaban J connectivity index is 0.891. The summed E-state index contributed by atoms with van der Waals surface area (Å²) >= 11 is 0.0434. The third-order valence-electron chi connectivity index (χ3n) is 20.5. The molecule has 436 valence electrons. The molecule has 4 aliphatic heterocycles. The quantitative estimate of drug-likeness (QED) is 0.105. The first-order valence-corrected chi connectivity index (χ1v) is 34.2. The number of para-hydroxylation sites is 6. The zero-order valence-electron chi connectivity index (χ0n) is 51.5. The summed E-state index contributed by atoms with van der Waals surface area (Å²) in [6, 6.07) is 121. The molecule has 0 N–H and O–H groups in total. The van der Waals surface area contributed by atoms with Gasteiger partial charge in [0.05, 0.1) is 0 Å². The molecule has 5 aliphatic rings. The molecule has 0 saturated heterocycles. The normalized spacial score (nSPS) is 13.9. The third kappa shape index (κ3) is 8.20. The Morgan fingerprint density at radius 3 is 1.48 bits per heavy atom. The Bertz CT molecular complexity index is 5230. The second-order valence-electron chi connectivity index (χ2n) is 25.9. The fraction of sp³-hybridized carbons (Fsp3) is 0.0465. The summed E-state index contributed by atoms with van der Waals surface area (Å²) in [5.74, 6) is 0.0700. The molecule has 19 rings (SSSR count). The number of nitrogens with zero attached hydrogens (tertiary/aromatic N) is 4. The Morgan fingerprint density at radius 1 is 0.344 bits per heavy atom. The molecule has 7 heteroatoms. The van der Waals surface area contributed by atoms with Crippen molar-refractivity contribution < 1.29 is 0 Å². The van der Waals surface area contributed by atoms with E-state index in [1.165, 1.54) is 126 Å². The van der Waals surface area contributed by atoms with Crippen LogP contribution in [0, 0.1) is 0 Å². The van der Waals surface area contributed by atoms with Crippen molar-refractivity contribution in [2.45, 2.75) is 25.2 Å². The predicted octanol–water partition coefficient (Wildman–Crippen LogP) is 16.1.